The summed E-state index contributed by atoms with van der Waals surface area (Å²) < 4.78 is 1.79. The van der Waals surface area contributed by atoms with Crippen molar-refractivity contribution in [2.45, 2.75) is 44.4 Å². The van der Waals surface area contributed by atoms with Crippen molar-refractivity contribution in [3.8, 4) is 0 Å². The van der Waals surface area contributed by atoms with Gasteiger partial charge in [-0.3, -0.25) is 9.59 Å². The Labute approximate surface area is 199 Å². The van der Waals surface area contributed by atoms with Crippen LogP contribution in [0.25, 0.3) is 10.4 Å². The molecule has 0 bridgehead atoms. The van der Waals surface area contributed by atoms with Crippen LogP contribution in [0, 0.1) is 6.57 Å². The van der Waals surface area contributed by atoms with E-state index in [-0.39, 0.29) is 11.8 Å². The summed E-state index contributed by atoms with van der Waals surface area (Å²) in [4.78, 5) is 33.2. The maximum atomic E-state index is 13.1. The SMILES string of the molecule is [C-]#[N+]c1cccc(CC(=O)N2CCC(c3ccn4ncc(C(=O)N5CCCCC5)c4c3)CC2)c1. The third kappa shape index (κ3) is 4.54. The first-order valence-electron chi connectivity index (χ1n) is 12.1. The van der Waals surface area contributed by atoms with E-state index in [0.717, 1.165) is 62.9 Å². The van der Waals surface area contributed by atoms with Crippen molar-refractivity contribution in [2.75, 3.05) is 26.2 Å². The van der Waals surface area contributed by atoms with Crippen molar-refractivity contribution in [1.29, 1.82) is 0 Å². The van der Waals surface area contributed by atoms with Gasteiger partial charge in [0.05, 0.1) is 30.3 Å². The summed E-state index contributed by atoms with van der Waals surface area (Å²) >= 11 is 0. The van der Waals surface area contributed by atoms with E-state index < -0.39 is 0 Å². The number of carbonyl (C=O) groups excluding carboxylic acids is 2. The summed E-state index contributed by atoms with van der Waals surface area (Å²) in [5.41, 5.74) is 4.21. The van der Waals surface area contributed by atoms with Crippen molar-refractivity contribution < 1.29 is 9.59 Å². The monoisotopic (exact) mass is 455 g/mol. The predicted octanol–water partition coefficient (Wildman–Crippen LogP) is 4.46. The topological polar surface area (TPSA) is 62.3 Å². The molecule has 4 heterocycles. The Morgan fingerprint density at radius 2 is 1.79 bits per heavy atom. The van der Waals surface area contributed by atoms with Gasteiger partial charge in [-0.25, -0.2) is 9.36 Å². The zero-order chi connectivity index (χ0) is 23.5. The summed E-state index contributed by atoms with van der Waals surface area (Å²) in [5.74, 6) is 0.545. The summed E-state index contributed by atoms with van der Waals surface area (Å²) in [6, 6.07) is 11.5. The molecule has 0 radical (unpaired) electrons. The molecule has 0 N–H and O–H groups in total. The van der Waals surface area contributed by atoms with Crippen LogP contribution >= 0.6 is 0 Å². The van der Waals surface area contributed by atoms with Crippen LogP contribution in [0.5, 0.6) is 0 Å². The number of pyridine rings is 1. The van der Waals surface area contributed by atoms with Crippen molar-refractivity contribution in [1.82, 2.24) is 19.4 Å². The number of piperidine rings is 2. The van der Waals surface area contributed by atoms with Crippen LogP contribution in [0.2, 0.25) is 0 Å². The van der Waals surface area contributed by atoms with Crippen LogP contribution in [-0.2, 0) is 11.2 Å². The highest BCUT2D eigenvalue weighted by Crippen LogP contribution is 2.30. The van der Waals surface area contributed by atoms with Gasteiger partial charge in [0.25, 0.3) is 5.91 Å². The number of aromatic nitrogens is 2. The third-order valence-corrected chi connectivity index (χ3v) is 7.13. The Morgan fingerprint density at radius 1 is 1.00 bits per heavy atom. The summed E-state index contributed by atoms with van der Waals surface area (Å²) in [5, 5.41) is 4.41. The molecule has 0 spiro atoms. The summed E-state index contributed by atoms with van der Waals surface area (Å²) in [6.07, 6.45) is 9.09. The lowest BCUT2D eigenvalue weighted by molar-refractivity contribution is -0.131. The number of carbonyl (C=O) groups is 2. The van der Waals surface area contributed by atoms with E-state index in [1.165, 1.54) is 12.0 Å². The van der Waals surface area contributed by atoms with Crippen molar-refractivity contribution in [3.63, 3.8) is 0 Å². The van der Waals surface area contributed by atoms with E-state index >= 15 is 0 Å². The highest BCUT2D eigenvalue weighted by molar-refractivity contribution is 6.00. The molecule has 2 saturated heterocycles. The van der Waals surface area contributed by atoms with Gasteiger partial charge in [0.1, 0.15) is 0 Å². The van der Waals surface area contributed by atoms with Crippen molar-refractivity contribution >= 4 is 23.0 Å². The fraction of sp³-hybridized carbons (Fsp3) is 0.407. The van der Waals surface area contributed by atoms with Crippen LogP contribution in [0.4, 0.5) is 5.69 Å². The molecule has 2 aliphatic heterocycles. The molecule has 2 fully saturated rings. The van der Waals surface area contributed by atoms with Gasteiger partial charge < -0.3 is 9.80 Å². The highest BCUT2D eigenvalue weighted by atomic mass is 16.2. The summed E-state index contributed by atoms with van der Waals surface area (Å²) in [7, 11) is 0. The van der Waals surface area contributed by atoms with Crippen molar-refractivity contribution in [2.24, 2.45) is 0 Å². The molecule has 0 unspecified atom stereocenters. The second kappa shape index (κ2) is 9.68. The van der Waals surface area contributed by atoms with Gasteiger partial charge in [-0.15, -0.1) is 0 Å². The molecule has 174 valence electrons. The fourth-order valence-electron chi connectivity index (χ4n) is 5.17. The van der Waals surface area contributed by atoms with E-state index in [1.54, 1.807) is 22.8 Å². The average Bonchev–Trinajstić information content (AvgIpc) is 3.32. The van der Waals surface area contributed by atoms with Gasteiger partial charge in [0, 0.05) is 32.4 Å². The lowest BCUT2D eigenvalue weighted by atomic mass is 9.89. The molecular formula is C27H29N5O2. The quantitative estimate of drug-likeness (QED) is 0.546. The Kier molecular flexibility index (Phi) is 6.31. The smallest absolute Gasteiger partial charge is 0.257 e. The molecule has 5 rings (SSSR count). The number of hydrogen-bond donors (Lipinski definition) is 0. The molecular weight excluding hydrogens is 426 g/mol. The lowest BCUT2D eigenvalue weighted by Crippen LogP contribution is -2.38. The number of rotatable bonds is 4. The number of nitrogens with zero attached hydrogens (tertiary/aromatic N) is 5. The molecule has 0 saturated carbocycles. The molecule has 2 amide bonds. The standard InChI is InChI=1S/C27H29N5O2/c1-28-23-7-5-6-20(16-23)17-26(33)30-13-8-21(9-14-30)22-10-15-32-25(18-22)24(19-29-32)27(34)31-11-3-2-4-12-31/h5-7,10,15-16,18-19,21H,2-4,8-9,11-14,17H2. The third-order valence-electron chi connectivity index (χ3n) is 7.13. The van der Waals surface area contributed by atoms with Gasteiger partial charge in [-0.05, 0) is 61.3 Å². The van der Waals surface area contributed by atoms with Crippen LogP contribution in [0.3, 0.4) is 0 Å². The highest BCUT2D eigenvalue weighted by Gasteiger charge is 2.26. The van der Waals surface area contributed by atoms with Gasteiger partial charge in [0.2, 0.25) is 5.91 Å². The maximum absolute atomic E-state index is 13.1. The van der Waals surface area contributed by atoms with E-state index in [1.807, 2.05) is 28.1 Å². The Hall–Kier alpha value is -3.66. The summed E-state index contributed by atoms with van der Waals surface area (Å²) in [6.45, 7) is 10.2. The number of likely N-dealkylation sites (tertiary alicyclic amines) is 2. The van der Waals surface area contributed by atoms with Crippen LogP contribution < -0.4 is 0 Å². The lowest BCUT2D eigenvalue weighted by Gasteiger charge is -2.32. The van der Waals surface area contributed by atoms with Crippen LogP contribution in [0.15, 0.2) is 48.8 Å². The van der Waals surface area contributed by atoms with E-state index in [2.05, 4.69) is 22.1 Å². The molecule has 7 nitrogen and oxygen atoms in total. The number of amides is 2. The zero-order valence-corrected chi connectivity index (χ0v) is 19.3. The first-order chi connectivity index (χ1) is 16.6. The van der Waals surface area contributed by atoms with Crippen LogP contribution in [-0.4, -0.2) is 57.4 Å². The molecule has 3 aromatic rings. The molecule has 7 heteroatoms. The molecule has 1 aromatic carbocycles. The fourth-order valence-corrected chi connectivity index (χ4v) is 5.17. The number of fused-ring (bicyclic) bond motifs is 1. The first kappa shape index (κ1) is 22.1. The first-order valence-corrected chi connectivity index (χ1v) is 12.1. The minimum absolute atomic E-state index is 0.0783. The normalized spacial score (nSPS) is 17.0. The predicted molar refractivity (Wildman–Crippen MR) is 130 cm³/mol. The number of hydrogen-bond acceptors (Lipinski definition) is 3. The van der Waals surface area contributed by atoms with Gasteiger partial charge in [-0.2, -0.15) is 5.10 Å². The molecule has 2 aliphatic rings. The Bertz CT molecular complexity index is 1240. The minimum Gasteiger partial charge on any atom is -0.342 e. The zero-order valence-electron chi connectivity index (χ0n) is 19.3. The number of benzene rings is 1. The molecule has 0 atom stereocenters. The minimum atomic E-state index is 0.0783. The maximum Gasteiger partial charge on any atom is 0.257 e. The Balaban J connectivity index is 1.25. The average molecular weight is 456 g/mol. The van der Waals surface area contributed by atoms with Crippen molar-refractivity contribution in [3.05, 3.63) is 76.9 Å². The van der Waals surface area contributed by atoms with Gasteiger partial charge >= 0.3 is 0 Å². The van der Waals surface area contributed by atoms with Gasteiger partial charge in [0.15, 0.2) is 5.69 Å². The second-order valence-electron chi connectivity index (χ2n) is 9.31. The second-order valence-corrected chi connectivity index (χ2v) is 9.31. The largest absolute Gasteiger partial charge is 0.342 e. The van der Waals surface area contributed by atoms with Gasteiger partial charge in [-0.1, -0.05) is 24.3 Å². The van der Waals surface area contributed by atoms with Crippen LogP contribution in [0.1, 0.15) is 59.5 Å². The van der Waals surface area contributed by atoms with E-state index in [9.17, 15) is 9.59 Å². The molecule has 34 heavy (non-hydrogen) atoms. The Morgan fingerprint density at radius 3 is 2.56 bits per heavy atom. The molecule has 2 aromatic heterocycles. The van der Waals surface area contributed by atoms with E-state index in [0.29, 0.717) is 23.6 Å². The van der Waals surface area contributed by atoms with E-state index in [4.69, 9.17) is 6.57 Å². The molecule has 0 aliphatic carbocycles.